The van der Waals surface area contributed by atoms with Crippen molar-refractivity contribution in [2.24, 2.45) is 0 Å². The molecule has 1 aromatic carbocycles. The van der Waals surface area contributed by atoms with Gasteiger partial charge in [0.05, 0.1) is 28.2 Å². The summed E-state index contributed by atoms with van der Waals surface area (Å²) in [5.41, 5.74) is 1.63. The van der Waals surface area contributed by atoms with Gasteiger partial charge in [0, 0.05) is 12.6 Å². The van der Waals surface area contributed by atoms with Crippen LogP contribution in [0, 0.1) is 0 Å². The second-order valence-corrected chi connectivity index (χ2v) is 7.40. The summed E-state index contributed by atoms with van der Waals surface area (Å²) in [6.45, 7) is 1.82. The van der Waals surface area contributed by atoms with Crippen molar-refractivity contribution in [3.8, 4) is 0 Å². The number of carboxylic acid groups (broad SMARTS) is 1. The van der Waals surface area contributed by atoms with Crippen LogP contribution in [-0.2, 0) is 14.4 Å². The quantitative estimate of drug-likeness (QED) is 0.580. The average molecular weight is 375 g/mol. The van der Waals surface area contributed by atoms with Gasteiger partial charge < -0.3 is 14.8 Å². The zero-order valence-corrected chi connectivity index (χ0v) is 15.3. The summed E-state index contributed by atoms with van der Waals surface area (Å²) in [7, 11) is 1.63. The van der Waals surface area contributed by atoms with Gasteiger partial charge in [-0.05, 0) is 12.5 Å². The van der Waals surface area contributed by atoms with Gasteiger partial charge in [-0.15, -0.1) is 0 Å². The van der Waals surface area contributed by atoms with E-state index < -0.39 is 17.9 Å². The van der Waals surface area contributed by atoms with E-state index in [1.165, 1.54) is 4.90 Å². The number of carbonyl (C=O) groups excluding carboxylic acids is 3. The number of carbonyl (C=O) groups is 3. The number of thioether (sulfide) groups is 1. The maximum absolute atomic E-state index is 12.9. The zero-order chi connectivity index (χ0) is 18.3. The predicted octanol–water partition coefficient (Wildman–Crippen LogP) is 1.15. The fourth-order valence-electron chi connectivity index (χ4n) is 3.01. The number of hydrogen-bond donors (Lipinski definition) is 0. The van der Waals surface area contributed by atoms with Crippen LogP contribution in [0.4, 0.5) is 5.69 Å². The first-order valence-electron chi connectivity index (χ1n) is 7.76. The van der Waals surface area contributed by atoms with E-state index in [-0.39, 0.29) is 27.1 Å². The molecule has 25 heavy (non-hydrogen) atoms. The Kier molecular flexibility index (Phi) is 4.66. The van der Waals surface area contributed by atoms with Gasteiger partial charge in [0.2, 0.25) is 0 Å². The number of para-hydroxylation sites is 1. The highest BCUT2D eigenvalue weighted by Crippen LogP contribution is 2.44. The number of carboxylic acids is 1. The molecule has 6 nitrogen and oxygen atoms in total. The summed E-state index contributed by atoms with van der Waals surface area (Å²) >= 11 is 6.19. The number of nitrogens with zero attached hydrogens (tertiary/aromatic N) is 2. The van der Waals surface area contributed by atoms with Crippen molar-refractivity contribution in [2.45, 2.75) is 25.8 Å². The number of rotatable bonds is 4. The summed E-state index contributed by atoms with van der Waals surface area (Å²) in [5.74, 6) is -2.20. The van der Waals surface area contributed by atoms with E-state index in [0.29, 0.717) is 17.7 Å². The molecule has 0 bridgehead atoms. The summed E-state index contributed by atoms with van der Waals surface area (Å²) in [4.78, 5) is 39.7. The Bertz CT molecular complexity index is 834. The number of fused-ring (bicyclic) bond motifs is 1. The Labute approximate surface area is 154 Å². The lowest BCUT2D eigenvalue weighted by molar-refractivity contribution is -0.310. The minimum Gasteiger partial charge on any atom is -0.548 e. The molecule has 2 amide bonds. The molecule has 1 aromatic rings. The molecular formula is C17H15N2O4S2-. The van der Waals surface area contributed by atoms with Gasteiger partial charge in [0.25, 0.3) is 11.8 Å². The Balaban J connectivity index is 2.09. The molecule has 8 heteroatoms. The number of anilines is 1. The fourth-order valence-corrected chi connectivity index (χ4v) is 4.44. The lowest BCUT2D eigenvalue weighted by Crippen LogP contribution is -2.49. The zero-order valence-electron chi connectivity index (χ0n) is 13.6. The maximum Gasteiger partial charge on any atom is 0.267 e. The molecule has 0 aromatic heterocycles. The van der Waals surface area contributed by atoms with Gasteiger partial charge in [0.15, 0.2) is 0 Å². The van der Waals surface area contributed by atoms with Crippen LogP contribution in [0.25, 0.3) is 5.57 Å². The smallest absolute Gasteiger partial charge is 0.267 e. The van der Waals surface area contributed by atoms with Gasteiger partial charge in [-0.2, -0.15) is 0 Å². The predicted molar refractivity (Wildman–Crippen MR) is 97.5 cm³/mol. The Hall–Kier alpha value is -2.19. The van der Waals surface area contributed by atoms with Gasteiger partial charge in [-0.25, -0.2) is 0 Å². The molecule has 3 rings (SSSR count). The van der Waals surface area contributed by atoms with E-state index >= 15 is 0 Å². The molecule has 0 radical (unpaired) electrons. The number of aliphatic carboxylic acids is 1. The van der Waals surface area contributed by atoms with Crippen LogP contribution in [0.3, 0.4) is 0 Å². The average Bonchev–Trinajstić information content (AvgIpc) is 3.00. The van der Waals surface area contributed by atoms with Crippen LogP contribution < -0.4 is 10.0 Å². The molecule has 2 aliphatic heterocycles. The molecular weight excluding hydrogens is 360 g/mol. The minimum atomic E-state index is -1.35. The maximum atomic E-state index is 12.9. The first-order valence-corrected chi connectivity index (χ1v) is 8.98. The molecule has 0 spiro atoms. The lowest BCUT2D eigenvalue weighted by Gasteiger charge is -2.27. The fraction of sp³-hybridized carbons (Fsp3) is 0.294. The van der Waals surface area contributed by atoms with Crippen molar-refractivity contribution in [1.82, 2.24) is 4.90 Å². The van der Waals surface area contributed by atoms with Crippen molar-refractivity contribution in [2.75, 3.05) is 11.9 Å². The number of hydrogen-bond acceptors (Lipinski definition) is 6. The Morgan fingerprint density at radius 3 is 2.60 bits per heavy atom. The monoisotopic (exact) mass is 375 g/mol. The number of thiocarbonyl (C=S) groups is 1. The molecule has 130 valence electrons. The van der Waals surface area contributed by atoms with Crippen molar-refractivity contribution >= 4 is 57.3 Å². The minimum absolute atomic E-state index is 0.134. The molecule has 1 fully saturated rings. The Morgan fingerprint density at radius 1 is 1.28 bits per heavy atom. The van der Waals surface area contributed by atoms with Crippen molar-refractivity contribution in [1.29, 1.82) is 0 Å². The van der Waals surface area contributed by atoms with Crippen LogP contribution in [0.1, 0.15) is 25.3 Å². The van der Waals surface area contributed by atoms with Crippen LogP contribution >= 0.6 is 24.0 Å². The molecule has 0 saturated carbocycles. The summed E-state index contributed by atoms with van der Waals surface area (Å²) in [5, 5.41) is 11.4. The summed E-state index contributed by atoms with van der Waals surface area (Å²) in [6, 6.07) is 6.03. The van der Waals surface area contributed by atoms with Crippen molar-refractivity contribution < 1.29 is 19.5 Å². The van der Waals surface area contributed by atoms with E-state index in [1.807, 2.05) is 13.0 Å². The lowest BCUT2D eigenvalue weighted by atomic mass is 10.1. The van der Waals surface area contributed by atoms with E-state index in [1.54, 1.807) is 25.2 Å². The molecule has 1 atom stereocenters. The van der Waals surface area contributed by atoms with E-state index in [4.69, 9.17) is 12.2 Å². The van der Waals surface area contributed by atoms with Crippen LogP contribution in [0.5, 0.6) is 0 Å². The Morgan fingerprint density at radius 2 is 1.96 bits per heavy atom. The third-order valence-electron chi connectivity index (χ3n) is 4.23. The normalized spacial score (nSPS) is 21.1. The molecule has 1 saturated heterocycles. The van der Waals surface area contributed by atoms with E-state index in [9.17, 15) is 19.5 Å². The SMILES string of the molecule is CCC[C@H](C(=O)[O-])N1C(=O)/C(=C2/C(=O)N(C)c3ccccc32)SC1=S. The number of likely N-dealkylation sites (N-methyl/N-ethyl adjacent to an activating group) is 1. The van der Waals surface area contributed by atoms with E-state index in [0.717, 1.165) is 16.7 Å². The van der Waals surface area contributed by atoms with E-state index in [2.05, 4.69) is 0 Å². The topological polar surface area (TPSA) is 80.7 Å². The van der Waals surface area contributed by atoms with Gasteiger partial charge >= 0.3 is 0 Å². The second-order valence-electron chi connectivity index (χ2n) is 5.75. The highest BCUT2D eigenvalue weighted by atomic mass is 32.2. The largest absolute Gasteiger partial charge is 0.548 e. The third kappa shape index (κ3) is 2.75. The van der Waals surface area contributed by atoms with Crippen LogP contribution in [0.15, 0.2) is 29.2 Å². The number of benzene rings is 1. The first kappa shape index (κ1) is 17.6. The van der Waals surface area contributed by atoms with Crippen LogP contribution in [-0.4, -0.2) is 40.1 Å². The second kappa shape index (κ2) is 6.61. The van der Waals surface area contributed by atoms with Crippen molar-refractivity contribution in [3.63, 3.8) is 0 Å². The summed E-state index contributed by atoms with van der Waals surface area (Å²) < 4.78 is 0.134. The highest BCUT2D eigenvalue weighted by Gasteiger charge is 2.43. The molecule has 0 aliphatic carbocycles. The molecule has 0 N–H and O–H groups in total. The number of amides is 2. The van der Waals surface area contributed by atoms with Gasteiger partial charge in [0.1, 0.15) is 4.32 Å². The van der Waals surface area contributed by atoms with Crippen LogP contribution in [0.2, 0.25) is 0 Å². The molecule has 0 unspecified atom stereocenters. The standard InChI is InChI=1S/C17H16N2O4S2/c1-3-6-11(16(22)23)19-15(21)13(25-17(19)24)12-9-7-4-5-8-10(9)18(2)14(12)20/h4-5,7-8,11H,3,6H2,1-2H3,(H,22,23)/p-1/b13-12-/t11-/m1/s1. The highest BCUT2D eigenvalue weighted by molar-refractivity contribution is 8.26. The van der Waals surface area contributed by atoms with Crippen molar-refractivity contribution in [3.05, 3.63) is 34.7 Å². The third-order valence-corrected chi connectivity index (χ3v) is 5.63. The molecule has 2 aliphatic rings. The molecule has 2 heterocycles. The summed E-state index contributed by atoms with van der Waals surface area (Å²) in [6.07, 6.45) is 0.800. The van der Waals surface area contributed by atoms with Gasteiger partial charge in [-0.3, -0.25) is 14.5 Å². The first-order chi connectivity index (χ1) is 11.9. The van der Waals surface area contributed by atoms with Gasteiger partial charge in [-0.1, -0.05) is 55.5 Å².